The van der Waals surface area contributed by atoms with Crippen LogP contribution in [-0.4, -0.2) is 38.8 Å². The summed E-state index contributed by atoms with van der Waals surface area (Å²) in [5.41, 5.74) is 0. The molecule has 0 aromatic carbocycles. The Balaban J connectivity index is 3.04. The Kier molecular flexibility index (Phi) is 5.81. The molecule has 3 nitrogen and oxygen atoms in total. The van der Waals surface area contributed by atoms with Crippen molar-refractivity contribution in [3.05, 3.63) is 0 Å². The summed E-state index contributed by atoms with van der Waals surface area (Å²) in [5.74, 6) is 0. The van der Waals surface area contributed by atoms with Crippen molar-refractivity contribution in [3.8, 4) is 0 Å². The molecule has 0 aromatic rings. The van der Waals surface area contributed by atoms with Crippen LogP contribution in [0.25, 0.3) is 0 Å². The summed E-state index contributed by atoms with van der Waals surface area (Å²) < 4.78 is 15.8. The first-order valence-corrected chi connectivity index (χ1v) is 9.80. The average Bonchev–Trinajstić information content (AvgIpc) is 1.78. The third-order valence-corrected chi connectivity index (χ3v) is 6.99. The topological polar surface area (TPSA) is 27.7 Å². The second-order valence-electron chi connectivity index (χ2n) is 2.99. The van der Waals surface area contributed by atoms with Crippen molar-refractivity contribution in [1.82, 2.24) is 0 Å². The van der Waals surface area contributed by atoms with Gasteiger partial charge in [-0.3, -0.25) is 0 Å². The van der Waals surface area contributed by atoms with E-state index in [9.17, 15) is 0 Å². The molecule has 0 atom stereocenters. The molecule has 0 unspecified atom stereocenters. The Hall–Kier alpha value is 0.748. The summed E-state index contributed by atoms with van der Waals surface area (Å²) in [6.45, 7) is 6.52. The van der Waals surface area contributed by atoms with E-state index in [0.29, 0.717) is 0 Å². The number of rotatable bonds is 5. The number of hydrogen-bond donors (Lipinski definition) is 0. The Morgan fingerprint density at radius 3 is 2.20 bits per heavy atom. The maximum Gasteiger partial charge on any atom is 0.284 e. The summed E-state index contributed by atoms with van der Waals surface area (Å²) >= 11 is 0. The first kappa shape index (κ1) is 10.7. The lowest BCUT2D eigenvalue weighted by molar-refractivity contribution is 0.428. The molecule has 0 saturated heterocycles. The maximum absolute atomic E-state index is 5.56. The minimum atomic E-state index is -1.29. The monoisotopic (exact) mass is 212 g/mol. The van der Waals surface area contributed by atoms with Crippen LogP contribution in [0.1, 0.15) is 0 Å². The molecule has 0 aromatic heterocycles. The van der Waals surface area contributed by atoms with Gasteiger partial charge in [-0.15, -0.1) is 0 Å². The fourth-order valence-electron chi connectivity index (χ4n) is 0.336. The van der Waals surface area contributed by atoms with E-state index in [2.05, 4.69) is 19.6 Å². The van der Waals surface area contributed by atoms with Crippen molar-refractivity contribution >= 4 is 38.8 Å². The van der Waals surface area contributed by atoms with Gasteiger partial charge in [0.2, 0.25) is 0 Å². The van der Waals surface area contributed by atoms with Gasteiger partial charge in [-0.2, -0.15) is 0 Å². The van der Waals surface area contributed by atoms with Crippen LogP contribution in [0.4, 0.5) is 0 Å². The Morgan fingerprint density at radius 2 is 1.80 bits per heavy atom. The molecule has 0 N–H and O–H groups in total. The van der Waals surface area contributed by atoms with Crippen molar-refractivity contribution < 1.29 is 12.3 Å². The Bertz CT molecular complexity index is 82.3. The van der Waals surface area contributed by atoms with E-state index in [-0.39, 0.29) is 0 Å². The fraction of sp³-hybridized carbons (Fsp3) is 1.00. The molecule has 0 rings (SSSR count). The van der Waals surface area contributed by atoms with Gasteiger partial charge in [0.15, 0.2) is 8.32 Å². The Labute approximate surface area is 71.3 Å². The van der Waals surface area contributed by atoms with E-state index in [1.54, 1.807) is 0 Å². The van der Waals surface area contributed by atoms with Crippen molar-refractivity contribution in [2.45, 2.75) is 19.6 Å². The molecule has 0 bridgehead atoms. The van der Waals surface area contributed by atoms with Gasteiger partial charge < -0.3 is 12.3 Å². The molecule has 0 saturated carbocycles. The summed E-state index contributed by atoms with van der Waals surface area (Å²) in [5, 5.41) is 0. The highest BCUT2D eigenvalue weighted by Crippen LogP contribution is 1.99. The lowest BCUT2D eigenvalue weighted by atomic mass is 11.8. The standard InChI is InChI=1S/C3H16O3Si4/c1-10(2,3)6-9-5-8-4-7/h8-9H2,1-3,7H3. The predicted octanol–water partition coefficient (Wildman–Crippen LogP) is -1.85. The first-order valence-electron chi connectivity index (χ1n) is 3.27. The van der Waals surface area contributed by atoms with E-state index in [1.807, 2.05) is 0 Å². The zero-order valence-corrected chi connectivity index (χ0v) is 13.0. The molecule has 0 radical (unpaired) electrons. The molecular formula is C3H16O3Si4. The highest BCUT2D eigenvalue weighted by Gasteiger charge is 2.12. The van der Waals surface area contributed by atoms with Crippen molar-refractivity contribution in [2.75, 3.05) is 0 Å². The van der Waals surface area contributed by atoms with E-state index in [4.69, 9.17) is 12.3 Å². The smallest absolute Gasteiger partial charge is 0.284 e. The molecule has 0 amide bonds. The molecular weight excluding hydrogens is 196 g/mol. The van der Waals surface area contributed by atoms with Gasteiger partial charge in [0.1, 0.15) is 10.5 Å². The van der Waals surface area contributed by atoms with Gasteiger partial charge in [-0.25, -0.2) is 0 Å². The van der Waals surface area contributed by atoms with Crippen LogP contribution in [0.5, 0.6) is 0 Å². The van der Waals surface area contributed by atoms with E-state index < -0.39 is 28.3 Å². The molecule has 62 valence electrons. The highest BCUT2D eigenvalue weighted by atomic mass is 28.4. The normalized spacial score (nSPS) is 14.7. The van der Waals surface area contributed by atoms with Gasteiger partial charge in [-0.05, 0) is 19.6 Å². The minimum Gasteiger partial charge on any atom is -0.449 e. The maximum atomic E-state index is 5.56. The molecule has 0 aliphatic heterocycles. The van der Waals surface area contributed by atoms with Crippen LogP contribution < -0.4 is 0 Å². The first-order chi connectivity index (χ1) is 4.56. The minimum absolute atomic E-state index is 0.627. The van der Waals surface area contributed by atoms with E-state index in [0.717, 1.165) is 10.5 Å². The van der Waals surface area contributed by atoms with Gasteiger partial charge in [0.25, 0.3) is 20.0 Å². The van der Waals surface area contributed by atoms with Crippen molar-refractivity contribution in [1.29, 1.82) is 0 Å². The average molecular weight is 213 g/mol. The zero-order valence-electron chi connectivity index (χ0n) is 7.14. The molecule has 0 fully saturated rings. The third-order valence-electron chi connectivity index (χ3n) is 0.776. The van der Waals surface area contributed by atoms with Crippen molar-refractivity contribution in [2.24, 2.45) is 0 Å². The van der Waals surface area contributed by atoms with Crippen LogP contribution in [-0.2, 0) is 12.3 Å². The fourth-order valence-corrected chi connectivity index (χ4v) is 5.27. The lowest BCUT2D eigenvalue weighted by Gasteiger charge is -2.16. The SMILES string of the molecule is C[Si](C)(C)O[SiH2]O[SiH2]O[SiH3]. The highest BCUT2D eigenvalue weighted by molar-refractivity contribution is 6.73. The van der Waals surface area contributed by atoms with E-state index in [1.165, 1.54) is 0 Å². The molecule has 0 spiro atoms. The van der Waals surface area contributed by atoms with E-state index >= 15 is 0 Å². The van der Waals surface area contributed by atoms with Crippen molar-refractivity contribution in [3.63, 3.8) is 0 Å². The van der Waals surface area contributed by atoms with Crippen LogP contribution >= 0.6 is 0 Å². The van der Waals surface area contributed by atoms with Gasteiger partial charge in [0, 0.05) is 0 Å². The summed E-state index contributed by atoms with van der Waals surface area (Å²) in [6.07, 6.45) is 0. The predicted molar refractivity (Wildman–Crippen MR) is 53.6 cm³/mol. The lowest BCUT2D eigenvalue weighted by Crippen LogP contribution is -2.29. The summed E-state index contributed by atoms with van der Waals surface area (Å²) in [7, 11) is -1.79. The van der Waals surface area contributed by atoms with Crippen LogP contribution in [0.2, 0.25) is 19.6 Å². The molecule has 0 aliphatic rings. The summed E-state index contributed by atoms with van der Waals surface area (Å²) in [6, 6.07) is 0. The van der Waals surface area contributed by atoms with Gasteiger partial charge >= 0.3 is 0 Å². The Morgan fingerprint density at radius 1 is 1.20 bits per heavy atom. The van der Waals surface area contributed by atoms with Gasteiger partial charge in [0.05, 0.1) is 0 Å². The quantitative estimate of drug-likeness (QED) is 0.396. The zero-order chi connectivity index (χ0) is 8.04. The molecule has 7 heteroatoms. The van der Waals surface area contributed by atoms with Gasteiger partial charge in [-0.1, -0.05) is 0 Å². The molecule has 10 heavy (non-hydrogen) atoms. The molecule has 0 aliphatic carbocycles. The summed E-state index contributed by atoms with van der Waals surface area (Å²) in [4.78, 5) is 0. The van der Waals surface area contributed by atoms with Crippen LogP contribution in [0, 0.1) is 0 Å². The second-order valence-corrected chi connectivity index (χ2v) is 12.8. The largest absolute Gasteiger partial charge is 0.449 e. The van der Waals surface area contributed by atoms with Crippen LogP contribution in [0.3, 0.4) is 0 Å². The number of hydrogen-bond acceptors (Lipinski definition) is 3. The second kappa shape index (κ2) is 5.40. The van der Waals surface area contributed by atoms with Crippen LogP contribution in [0.15, 0.2) is 0 Å². The molecule has 0 heterocycles. The third kappa shape index (κ3) is 8.75.